The predicted molar refractivity (Wildman–Crippen MR) is 102 cm³/mol. The Hall–Kier alpha value is -2.30. The highest BCUT2D eigenvalue weighted by atomic mass is 79.9. The van der Waals surface area contributed by atoms with Gasteiger partial charge in [0.1, 0.15) is 5.75 Å². The Morgan fingerprint density at radius 1 is 1.12 bits per heavy atom. The van der Waals surface area contributed by atoms with Crippen LogP contribution in [-0.4, -0.2) is 18.9 Å². The first-order chi connectivity index (χ1) is 12.2. The van der Waals surface area contributed by atoms with Crippen molar-refractivity contribution < 1.29 is 9.53 Å². The maximum atomic E-state index is 11.8. The van der Waals surface area contributed by atoms with Crippen molar-refractivity contribution >= 4 is 21.7 Å². The lowest BCUT2D eigenvalue weighted by Crippen LogP contribution is -2.04. The quantitative estimate of drug-likeness (QED) is 0.167. The fraction of sp³-hybridized carbons (Fsp3) is 0.316. The van der Waals surface area contributed by atoms with Gasteiger partial charge in [0.15, 0.2) is 5.78 Å². The molecule has 0 aliphatic carbocycles. The predicted octanol–water partition coefficient (Wildman–Crippen LogP) is 5.73. The maximum Gasteiger partial charge on any atom is 0.168 e. The second kappa shape index (κ2) is 10.5. The summed E-state index contributed by atoms with van der Waals surface area (Å²) >= 11 is 3.42. The number of ketones is 1. The molecule has 0 aliphatic heterocycles. The molecule has 0 heterocycles. The summed E-state index contributed by atoms with van der Waals surface area (Å²) in [7, 11) is 0. The highest BCUT2D eigenvalue weighted by Gasteiger charge is 2.08. The summed E-state index contributed by atoms with van der Waals surface area (Å²) < 4.78 is 6.49. The SMILES string of the molecule is [N-]=[N+]=NCC(=O)c1ccc(OCCCCCc2ccccc2)c(Br)c1. The molecule has 130 valence electrons. The van der Waals surface area contributed by atoms with Gasteiger partial charge in [0.05, 0.1) is 17.6 Å². The normalized spacial score (nSPS) is 10.1. The third-order valence-electron chi connectivity index (χ3n) is 3.74. The number of aryl methyl sites for hydroxylation is 1. The molecule has 0 spiro atoms. The van der Waals surface area contributed by atoms with Crippen LogP contribution in [0.25, 0.3) is 10.4 Å². The van der Waals surface area contributed by atoms with Crippen LogP contribution in [0.4, 0.5) is 0 Å². The molecule has 0 aromatic heterocycles. The highest BCUT2D eigenvalue weighted by molar-refractivity contribution is 9.10. The van der Waals surface area contributed by atoms with Crippen LogP contribution in [0, 0.1) is 0 Å². The van der Waals surface area contributed by atoms with Crippen molar-refractivity contribution in [2.45, 2.75) is 25.7 Å². The first kappa shape index (κ1) is 19.0. The summed E-state index contributed by atoms with van der Waals surface area (Å²) in [6, 6.07) is 15.6. The van der Waals surface area contributed by atoms with Crippen molar-refractivity contribution in [3.63, 3.8) is 0 Å². The molecule has 0 N–H and O–H groups in total. The summed E-state index contributed by atoms with van der Waals surface area (Å²) in [5.41, 5.74) is 10.1. The zero-order chi connectivity index (χ0) is 17.9. The van der Waals surface area contributed by atoms with Crippen molar-refractivity contribution in [2.75, 3.05) is 13.2 Å². The Kier molecular flexibility index (Phi) is 8.02. The van der Waals surface area contributed by atoms with Crippen LogP contribution in [0.5, 0.6) is 5.75 Å². The zero-order valence-corrected chi connectivity index (χ0v) is 15.5. The van der Waals surface area contributed by atoms with E-state index < -0.39 is 0 Å². The number of halogens is 1. The molecule has 0 atom stereocenters. The van der Waals surface area contributed by atoms with Gasteiger partial charge in [0.2, 0.25) is 0 Å². The molecule has 5 nitrogen and oxygen atoms in total. The van der Waals surface area contributed by atoms with Crippen molar-refractivity contribution in [3.05, 3.63) is 74.6 Å². The Morgan fingerprint density at radius 2 is 1.92 bits per heavy atom. The van der Waals surface area contributed by atoms with Crippen LogP contribution < -0.4 is 4.74 Å². The van der Waals surface area contributed by atoms with Crippen molar-refractivity contribution in [2.24, 2.45) is 5.11 Å². The third-order valence-corrected chi connectivity index (χ3v) is 4.36. The molecular weight excluding hydrogens is 382 g/mol. The van der Waals surface area contributed by atoms with Crippen LogP contribution >= 0.6 is 15.9 Å². The Bertz CT molecular complexity index is 744. The van der Waals surface area contributed by atoms with Crippen LogP contribution in [0.3, 0.4) is 0 Å². The van der Waals surface area contributed by atoms with E-state index in [0.717, 1.165) is 30.2 Å². The highest BCUT2D eigenvalue weighted by Crippen LogP contribution is 2.26. The number of hydrogen-bond donors (Lipinski definition) is 0. The Morgan fingerprint density at radius 3 is 2.64 bits per heavy atom. The number of Topliss-reactive ketones (excluding diaryl/α,β-unsaturated/α-hetero) is 1. The molecule has 0 saturated carbocycles. The minimum absolute atomic E-state index is 0.176. The van der Waals surface area contributed by atoms with Crippen LogP contribution in [-0.2, 0) is 6.42 Å². The van der Waals surface area contributed by atoms with Gasteiger partial charge in [0.25, 0.3) is 0 Å². The number of azide groups is 1. The summed E-state index contributed by atoms with van der Waals surface area (Å²) in [5.74, 6) is 0.495. The first-order valence-corrected chi connectivity index (χ1v) is 9.00. The lowest BCUT2D eigenvalue weighted by Gasteiger charge is -2.09. The van der Waals surface area contributed by atoms with Gasteiger partial charge in [-0.3, -0.25) is 4.79 Å². The lowest BCUT2D eigenvalue weighted by molar-refractivity contribution is 0.100. The van der Waals surface area contributed by atoms with Gasteiger partial charge in [-0.05, 0) is 70.9 Å². The van der Waals surface area contributed by atoms with E-state index in [1.807, 2.05) is 6.07 Å². The minimum Gasteiger partial charge on any atom is -0.492 e. The molecular formula is C19H20BrN3O2. The average molecular weight is 402 g/mol. The molecule has 0 bridgehead atoms. The zero-order valence-electron chi connectivity index (χ0n) is 13.9. The fourth-order valence-corrected chi connectivity index (χ4v) is 2.91. The van der Waals surface area contributed by atoms with E-state index in [-0.39, 0.29) is 12.3 Å². The van der Waals surface area contributed by atoms with Crippen LogP contribution in [0.2, 0.25) is 0 Å². The summed E-state index contributed by atoms with van der Waals surface area (Å²) in [6.45, 7) is 0.462. The van der Waals surface area contributed by atoms with Gasteiger partial charge >= 0.3 is 0 Å². The Balaban J connectivity index is 1.72. The smallest absolute Gasteiger partial charge is 0.168 e. The molecule has 0 aliphatic rings. The number of benzene rings is 2. The topological polar surface area (TPSA) is 75.1 Å². The molecule has 2 rings (SSSR count). The van der Waals surface area contributed by atoms with E-state index in [9.17, 15) is 4.79 Å². The van der Waals surface area contributed by atoms with Crippen molar-refractivity contribution in [3.8, 4) is 5.75 Å². The number of carbonyl (C=O) groups is 1. The van der Waals surface area contributed by atoms with E-state index in [1.54, 1.807) is 18.2 Å². The van der Waals surface area contributed by atoms with Crippen LogP contribution in [0.1, 0.15) is 35.2 Å². The lowest BCUT2D eigenvalue weighted by atomic mass is 10.1. The van der Waals surface area contributed by atoms with Crippen LogP contribution in [0.15, 0.2) is 58.1 Å². The summed E-state index contributed by atoms with van der Waals surface area (Å²) in [4.78, 5) is 14.4. The maximum absolute atomic E-state index is 11.8. The number of unbranched alkanes of at least 4 members (excludes halogenated alkanes) is 2. The second-order valence-electron chi connectivity index (χ2n) is 5.60. The monoisotopic (exact) mass is 401 g/mol. The minimum atomic E-state index is -0.217. The summed E-state index contributed by atoms with van der Waals surface area (Å²) in [5, 5.41) is 3.28. The molecule has 0 fully saturated rings. The second-order valence-corrected chi connectivity index (χ2v) is 6.46. The molecule has 2 aromatic carbocycles. The van der Waals surface area contributed by atoms with Gasteiger partial charge < -0.3 is 4.74 Å². The van der Waals surface area contributed by atoms with E-state index in [2.05, 4.69) is 50.2 Å². The first-order valence-electron chi connectivity index (χ1n) is 8.21. The number of rotatable bonds is 10. The van der Waals surface area contributed by atoms with Gasteiger partial charge in [-0.1, -0.05) is 35.4 Å². The van der Waals surface area contributed by atoms with Gasteiger partial charge in [-0.2, -0.15) is 0 Å². The van der Waals surface area contributed by atoms with Gasteiger partial charge in [-0.15, -0.1) is 0 Å². The fourth-order valence-electron chi connectivity index (χ4n) is 2.41. The number of carbonyl (C=O) groups excluding carboxylic acids is 1. The molecule has 0 amide bonds. The van der Waals surface area contributed by atoms with Gasteiger partial charge in [0, 0.05) is 10.5 Å². The third kappa shape index (κ3) is 6.61. The molecule has 0 unspecified atom stereocenters. The number of hydrogen-bond acceptors (Lipinski definition) is 3. The Labute approximate surface area is 155 Å². The molecule has 6 heteroatoms. The van der Waals surface area contributed by atoms with Gasteiger partial charge in [-0.25, -0.2) is 0 Å². The summed E-state index contributed by atoms with van der Waals surface area (Å²) in [6.07, 6.45) is 4.32. The largest absolute Gasteiger partial charge is 0.492 e. The average Bonchev–Trinajstić information content (AvgIpc) is 2.64. The standard InChI is InChI=1S/C19H20BrN3O2/c20-17-13-16(18(24)14-22-23-21)10-11-19(17)25-12-6-2-5-9-15-7-3-1-4-8-15/h1,3-4,7-8,10-11,13H,2,5-6,9,12,14H2. The van der Waals surface area contributed by atoms with E-state index in [4.69, 9.17) is 10.3 Å². The number of nitrogens with zero attached hydrogens (tertiary/aromatic N) is 3. The molecule has 25 heavy (non-hydrogen) atoms. The molecule has 0 saturated heterocycles. The van der Waals surface area contributed by atoms with E-state index in [0.29, 0.717) is 17.9 Å². The molecule has 0 radical (unpaired) electrons. The number of ether oxygens (including phenoxy) is 1. The van der Waals surface area contributed by atoms with E-state index >= 15 is 0 Å². The van der Waals surface area contributed by atoms with Crippen molar-refractivity contribution in [1.82, 2.24) is 0 Å². The molecule has 2 aromatic rings. The van der Waals surface area contributed by atoms with Crippen molar-refractivity contribution in [1.29, 1.82) is 0 Å². The van der Waals surface area contributed by atoms with E-state index in [1.165, 1.54) is 5.56 Å².